The summed E-state index contributed by atoms with van der Waals surface area (Å²) in [6.07, 6.45) is 6.00. The number of hydrogen-bond donors (Lipinski definition) is 1. The molecule has 84 valence electrons. The monoisotopic (exact) mass is 221 g/mol. The molecule has 0 aliphatic rings. The van der Waals surface area contributed by atoms with Crippen molar-refractivity contribution in [2.45, 2.75) is 64.9 Å². The van der Waals surface area contributed by atoms with Gasteiger partial charge in [-0.1, -0.05) is 39.5 Å². The van der Waals surface area contributed by atoms with Crippen LogP contribution in [0.25, 0.3) is 0 Å². The maximum Gasteiger partial charge on any atom is 0.695 e. The second kappa shape index (κ2) is 7.33. The molecule has 14 heavy (non-hydrogen) atoms. The smallest absolute Gasteiger partial charge is 0.133 e. The summed E-state index contributed by atoms with van der Waals surface area (Å²) < 4.78 is 15.8. The zero-order chi connectivity index (χ0) is 11.0. The molecule has 0 heterocycles. The molecule has 0 saturated heterocycles. The average Bonchev–Trinajstić information content (AvgIpc) is 2.11. The Bertz CT molecular complexity index is 163. The molecule has 0 aromatic rings. The molecule has 0 rings (SSSR count). The van der Waals surface area contributed by atoms with Gasteiger partial charge in [0.25, 0.3) is 0 Å². The van der Waals surface area contributed by atoms with Gasteiger partial charge in [-0.25, -0.2) is 0 Å². The van der Waals surface area contributed by atoms with Crippen LogP contribution in [0.4, 0.5) is 0 Å². The Hall–Kier alpha value is 0.0200. The van der Waals surface area contributed by atoms with Crippen molar-refractivity contribution in [3.05, 3.63) is 0 Å². The van der Waals surface area contributed by atoms with Crippen LogP contribution in [0, 0.1) is 0 Å². The molecule has 0 aliphatic carbocycles. The van der Waals surface area contributed by atoms with Gasteiger partial charge in [0, 0.05) is 4.57 Å². The fraction of sp³-hybridized carbons (Fsp3) is 1.00. The molecule has 1 unspecified atom stereocenters. The lowest BCUT2D eigenvalue weighted by atomic mass is 9.93. The van der Waals surface area contributed by atoms with Gasteiger partial charge in [0.1, 0.15) is 5.60 Å². The lowest BCUT2D eigenvalue weighted by molar-refractivity contribution is 0.0611. The molecule has 0 aliphatic heterocycles. The Morgan fingerprint density at radius 2 is 1.64 bits per heavy atom. The molecule has 0 fully saturated rings. The van der Waals surface area contributed by atoms with E-state index in [0.717, 1.165) is 38.5 Å². The third kappa shape index (κ3) is 6.47. The van der Waals surface area contributed by atoms with Gasteiger partial charge >= 0.3 is 8.25 Å². The van der Waals surface area contributed by atoms with Crippen LogP contribution < -0.4 is 0 Å². The second-order valence-corrected chi connectivity index (χ2v) is 4.64. The maximum atomic E-state index is 10.7. The van der Waals surface area contributed by atoms with Gasteiger partial charge in [0.15, 0.2) is 0 Å². The highest BCUT2D eigenvalue weighted by atomic mass is 31.1. The minimum absolute atomic E-state index is 0.409. The van der Waals surface area contributed by atoms with Crippen LogP contribution >= 0.6 is 8.25 Å². The van der Waals surface area contributed by atoms with Crippen LogP contribution in [0.5, 0.6) is 0 Å². The summed E-state index contributed by atoms with van der Waals surface area (Å²) in [5.41, 5.74) is -0.409. The van der Waals surface area contributed by atoms with Crippen molar-refractivity contribution in [2.75, 3.05) is 0 Å². The second-order valence-electron chi connectivity index (χ2n) is 3.99. The van der Waals surface area contributed by atoms with E-state index < -0.39 is 13.9 Å². The van der Waals surface area contributed by atoms with Gasteiger partial charge in [-0.2, -0.15) is 0 Å². The fourth-order valence-corrected chi connectivity index (χ4v) is 2.07. The van der Waals surface area contributed by atoms with E-state index in [1.807, 2.05) is 6.92 Å². The highest BCUT2D eigenvalue weighted by molar-refractivity contribution is 7.32. The van der Waals surface area contributed by atoms with Crippen molar-refractivity contribution in [1.82, 2.24) is 0 Å². The molecule has 4 heteroatoms. The number of hydrogen-bond acceptors (Lipinski definition) is 2. The van der Waals surface area contributed by atoms with E-state index >= 15 is 0 Å². The Labute approximate surface area is 87.8 Å². The van der Waals surface area contributed by atoms with Crippen molar-refractivity contribution in [2.24, 2.45) is 0 Å². The van der Waals surface area contributed by atoms with Gasteiger partial charge < -0.3 is 0 Å². The molecule has 0 aromatic heterocycles. The van der Waals surface area contributed by atoms with Crippen LogP contribution in [0.15, 0.2) is 0 Å². The van der Waals surface area contributed by atoms with Crippen molar-refractivity contribution in [1.29, 1.82) is 0 Å². The maximum absolute atomic E-state index is 10.7. The molecule has 0 bridgehead atoms. The summed E-state index contributed by atoms with van der Waals surface area (Å²) >= 11 is 0. The van der Waals surface area contributed by atoms with E-state index in [1.54, 1.807) is 0 Å². The van der Waals surface area contributed by atoms with Gasteiger partial charge in [-0.3, -0.25) is 0 Å². The number of unbranched alkanes of at least 4 members (excludes halogenated alkanes) is 2. The van der Waals surface area contributed by atoms with Crippen molar-refractivity contribution < 1.29 is 14.0 Å². The summed E-state index contributed by atoms with van der Waals surface area (Å²) in [6.45, 7) is 6.15. The normalized spacial score (nSPS) is 13.0. The van der Waals surface area contributed by atoms with E-state index in [4.69, 9.17) is 9.42 Å². The average molecular weight is 221 g/mol. The molecule has 0 aromatic carbocycles. The summed E-state index contributed by atoms with van der Waals surface area (Å²) in [5, 5.41) is 0. The molecule has 1 atom stereocenters. The zero-order valence-electron chi connectivity index (χ0n) is 9.45. The van der Waals surface area contributed by atoms with Crippen LogP contribution in [-0.4, -0.2) is 10.5 Å². The predicted molar refractivity (Wildman–Crippen MR) is 58.4 cm³/mol. The third-order valence-electron chi connectivity index (χ3n) is 2.42. The van der Waals surface area contributed by atoms with E-state index in [0.29, 0.717) is 0 Å². The molecule has 0 amide bonds. The lowest BCUT2D eigenvalue weighted by Crippen LogP contribution is -2.25. The van der Waals surface area contributed by atoms with E-state index in [-0.39, 0.29) is 0 Å². The molecular formula is C10H22O3P+. The molecule has 0 radical (unpaired) electrons. The largest absolute Gasteiger partial charge is 0.695 e. The predicted octanol–water partition coefficient (Wildman–Crippen LogP) is 3.79. The first-order chi connectivity index (χ1) is 6.54. The van der Waals surface area contributed by atoms with Gasteiger partial charge in [0.2, 0.25) is 0 Å². The van der Waals surface area contributed by atoms with Crippen molar-refractivity contribution in [3.8, 4) is 0 Å². The summed E-state index contributed by atoms with van der Waals surface area (Å²) in [6, 6.07) is 0. The lowest BCUT2D eigenvalue weighted by Gasteiger charge is -2.22. The van der Waals surface area contributed by atoms with E-state index in [9.17, 15) is 4.57 Å². The highest BCUT2D eigenvalue weighted by Gasteiger charge is 2.34. The Kier molecular flexibility index (Phi) is 7.34. The van der Waals surface area contributed by atoms with Crippen LogP contribution in [0.3, 0.4) is 0 Å². The van der Waals surface area contributed by atoms with Gasteiger partial charge in [-0.15, -0.1) is 9.42 Å². The first-order valence-corrected chi connectivity index (χ1v) is 6.52. The summed E-state index contributed by atoms with van der Waals surface area (Å²) in [7, 11) is -2.47. The van der Waals surface area contributed by atoms with E-state index in [2.05, 4.69) is 13.8 Å². The molecular weight excluding hydrogens is 199 g/mol. The first kappa shape index (κ1) is 14.0. The fourth-order valence-electron chi connectivity index (χ4n) is 1.51. The topological polar surface area (TPSA) is 46.5 Å². The first-order valence-electron chi connectivity index (χ1n) is 5.39. The zero-order valence-corrected chi connectivity index (χ0v) is 10.3. The molecule has 3 nitrogen and oxygen atoms in total. The Morgan fingerprint density at radius 3 is 1.93 bits per heavy atom. The van der Waals surface area contributed by atoms with Gasteiger partial charge in [0.05, 0.1) is 0 Å². The van der Waals surface area contributed by atoms with Crippen LogP contribution in [0.2, 0.25) is 0 Å². The quantitative estimate of drug-likeness (QED) is 0.634. The molecule has 0 spiro atoms. The Balaban J connectivity index is 4.09. The summed E-state index contributed by atoms with van der Waals surface area (Å²) in [5.74, 6) is 0. The van der Waals surface area contributed by atoms with Crippen LogP contribution in [-0.2, 0) is 9.09 Å². The number of rotatable bonds is 8. The SMILES string of the molecule is CCCCC(C)(CCCC)O[P+](=O)O. The molecule has 1 N–H and O–H groups in total. The molecule has 0 saturated carbocycles. The highest BCUT2D eigenvalue weighted by Crippen LogP contribution is 2.34. The minimum atomic E-state index is -2.47. The minimum Gasteiger partial charge on any atom is -0.133 e. The van der Waals surface area contributed by atoms with Crippen LogP contribution in [0.1, 0.15) is 59.3 Å². The van der Waals surface area contributed by atoms with E-state index in [1.165, 1.54) is 0 Å². The summed E-state index contributed by atoms with van der Waals surface area (Å²) in [4.78, 5) is 8.77. The van der Waals surface area contributed by atoms with Crippen molar-refractivity contribution in [3.63, 3.8) is 0 Å². The van der Waals surface area contributed by atoms with Crippen molar-refractivity contribution >= 4 is 8.25 Å². The Morgan fingerprint density at radius 1 is 1.21 bits per heavy atom. The standard InChI is InChI=1S/C10H21O3P/c1-4-6-8-10(3,9-7-5-2)13-14(11)12/h4-9H2,1-3H3/p+1. The van der Waals surface area contributed by atoms with Gasteiger partial charge in [-0.05, 0) is 19.8 Å². The third-order valence-corrected chi connectivity index (χ3v) is 3.01.